The molecule has 0 spiro atoms. The van der Waals surface area contributed by atoms with Crippen LogP contribution < -0.4 is 5.14 Å². The highest BCUT2D eigenvalue weighted by molar-refractivity contribution is 7.89. The van der Waals surface area contributed by atoms with E-state index in [0.717, 1.165) is 6.07 Å². The van der Waals surface area contributed by atoms with Gasteiger partial charge in [-0.2, -0.15) is 0 Å². The third-order valence-electron chi connectivity index (χ3n) is 1.52. The molecule has 6 heteroatoms. The molecule has 1 aromatic carbocycles. The summed E-state index contributed by atoms with van der Waals surface area (Å²) in [6, 6.07) is 2.03. The van der Waals surface area contributed by atoms with Crippen LogP contribution in [-0.2, 0) is 10.0 Å². The van der Waals surface area contributed by atoms with E-state index in [1.807, 2.05) is 0 Å². The second kappa shape index (κ2) is 3.25. The molecule has 0 bridgehead atoms. The second-order valence-electron chi connectivity index (χ2n) is 2.58. The van der Waals surface area contributed by atoms with Crippen LogP contribution in [-0.4, -0.2) is 8.42 Å². The summed E-state index contributed by atoms with van der Waals surface area (Å²) in [7, 11) is -3.87. The summed E-state index contributed by atoms with van der Waals surface area (Å²) in [5, 5.41) is 4.72. The third kappa shape index (κ3) is 2.18. The summed E-state index contributed by atoms with van der Waals surface area (Å²) in [4.78, 5) is -0.241. The van der Waals surface area contributed by atoms with E-state index in [1.54, 1.807) is 0 Å². The Morgan fingerprint density at radius 2 is 2.00 bits per heavy atom. The third-order valence-corrected chi connectivity index (χ3v) is 2.87. The monoisotopic (exact) mass is 223 g/mol. The fourth-order valence-corrected chi connectivity index (χ4v) is 1.93. The highest BCUT2D eigenvalue weighted by atomic mass is 35.5. The van der Waals surface area contributed by atoms with Gasteiger partial charge in [0, 0.05) is 0 Å². The van der Waals surface area contributed by atoms with E-state index < -0.39 is 15.8 Å². The Morgan fingerprint density at radius 3 is 2.46 bits per heavy atom. The number of benzene rings is 1. The minimum atomic E-state index is -3.87. The van der Waals surface area contributed by atoms with Crippen molar-refractivity contribution in [2.75, 3.05) is 0 Å². The molecule has 2 N–H and O–H groups in total. The van der Waals surface area contributed by atoms with Gasteiger partial charge in [-0.1, -0.05) is 11.6 Å². The minimum Gasteiger partial charge on any atom is -0.225 e. The quantitative estimate of drug-likeness (QED) is 0.783. The Hall–Kier alpha value is -0.650. The second-order valence-corrected chi connectivity index (χ2v) is 4.51. The zero-order valence-corrected chi connectivity index (χ0v) is 8.29. The molecule has 0 saturated heterocycles. The number of hydrogen-bond acceptors (Lipinski definition) is 2. The van der Waals surface area contributed by atoms with Crippen molar-refractivity contribution in [3.05, 3.63) is 28.5 Å². The average Bonchev–Trinajstić information content (AvgIpc) is 1.94. The van der Waals surface area contributed by atoms with Crippen molar-refractivity contribution in [1.82, 2.24) is 0 Å². The van der Waals surface area contributed by atoms with E-state index in [-0.39, 0.29) is 9.92 Å². The molecule has 0 aromatic heterocycles. The van der Waals surface area contributed by atoms with E-state index in [2.05, 4.69) is 0 Å². The first-order chi connectivity index (χ1) is 5.82. The lowest BCUT2D eigenvalue weighted by Gasteiger charge is -2.03. The van der Waals surface area contributed by atoms with Gasteiger partial charge in [-0.25, -0.2) is 17.9 Å². The van der Waals surface area contributed by atoms with Crippen molar-refractivity contribution >= 4 is 21.6 Å². The van der Waals surface area contributed by atoms with Crippen molar-refractivity contribution in [2.24, 2.45) is 5.14 Å². The molecule has 0 saturated carbocycles. The molecular weight excluding hydrogens is 217 g/mol. The van der Waals surface area contributed by atoms with E-state index in [0.29, 0.717) is 5.56 Å². The topological polar surface area (TPSA) is 60.2 Å². The summed E-state index contributed by atoms with van der Waals surface area (Å²) < 4.78 is 34.6. The molecule has 3 nitrogen and oxygen atoms in total. The maximum Gasteiger partial charge on any atom is 0.238 e. The molecule has 0 heterocycles. The Kier molecular flexibility index (Phi) is 2.61. The van der Waals surface area contributed by atoms with E-state index in [9.17, 15) is 12.8 Å². The molecular formula is C7H7ClFNO2S. The molecule has 0 aliphatic carbocycles. The normalized spacial score (nSPS) is 11.7. The molecule has 1 aromatic rings. The standard InChI is InChI=1S/C7H7ClFNO2S/c1-4-2-5(8)6(9)3-7(4)13(10,11)12/h2-3H,1H3,(H2,10,11,12). The smallest absolute Gasteiger partial charge is 0.225 e. The molecule has 0 atom stereocenters. The number of sulfonamides is 1. The Balaban J connectivity index is 3.50. The van der Waals surface area contributed by atoms with Gasteiger partial charge in [0.25, 0.3) is 0 Å². The zero-order chi connectivity index (χ0) is 10.2. The lowest BCUT2D eigenvalue weighted by molar-refractivity contribution is 0.591. The molecule has 0 amide bonds. The van der Waals surface area contributed by atoms with Crippen molar-refractivity contribution in [3.63, 3.8) is 0 Å². The number of halogens is 2. The maximum absolute atomic E-state index is 12.8. The highest BCUT2D eigenvalue weighted by Gasteiger charge is 2.14. The molecule has 0 radical (unpaired) electrons. The largest absolute Gasteiger partial charge is 0.238 e. The number of primary sulfonamides is 1. The fraction of sp³-hybridized carbons (Fsp3) is 0.143. The van der Waals surface area contributed by atoms with Gasteiger partial charge in [0.2, 0.25) is 10.0 Å². The van der Waals surface area contributed by atoms with Crippen LogP contribution in [0, 0.1) is 12.7 Å². The van der Waals surface area contributed by atoms with E-state index >= 15 is 0 Å². The average molecular weight is 224 g/mol. The van der Waals surface area contributed by atoms with Gasteiger partial charge in [0.1, 0.15) is 5.82 Å². The Morgan fingerprint density at radius 1 is 1.46 bits per heavy atom. The molecule has 13 heavy (non-hydrogen) atoms. The van der Waals surface area contributed by atoms with Gasteiger partial charge in [-0.3, -0.25) is 0 Å². The summed E-state index contributed by atoms with van der Waals surface area (Å²) >= 11 is 5.43. The van der Waals surface area contributed by atoms with Crippen molar-refractivity contribution in [2.45, 2.75) is 11.8 Å². The molecule has 72 valence electrons. The van der Waals surface area contributed by atoms with Crippen LogP contribution in [0.1, 0.15) is 5.56 Å². The number of rotatable bonds is 1. The zero-order valence-electron chi connectivity index (χ0n) is 6.71. The van der Waals surface area contributed by atoms with Crippen LogP contribution in [0.15, 0.2) is 17.0 Å². The molecule has 0 aliphatic heterocycles. The molecule has 0 unspecified atom stereocenters. The van der Waals surface area contributed by atoms with Gasteiger partial charge in [0.05, 0.1) is 9.92 Å². The van der Waals surface area contributed by atoms with Crippen molar-refractivity contribution < 1.29 is 12.8 Å². The fourth-order valence-electron chi connectivity index (χ4n) is 0.935. The predicted molar refractivity (Wildman–Crippen MR) is 47.5 cm³/mol. The van der Waals surface area contributed by atoms with Crippen LogP contribution in [0.2, 0.25) is 5.02 Å². The van der Waals surface area contributed by atoms with E-state index in [1.165, 1.54) is 13.0 Å². The summed E-state index contributed by atoms with van der Waals surface area (Å²) in [5.74, 6) is -0.795. The lowest BCUT2D eigenvalue weighted by atomic mass is 10.2. The van der Waals surface area contributed by atoms with Gasteiger partial charge >= 0.3 is 0 Å². The Bertz CT molecular complexity index is 444. The maximum atomic E-state index is 12.8. The summed E-state index contributed by atoms with van der Waals surface area (Å²) in [5.41, 5.74) is 0.328. The summed E-state index contributed by atoms with van der Waals surface area (Å²) in [6.45, 7) is 1.49. The van der Waals surface area contributed by atoms with Crippen molar-refractivity contribution in [1.29, 1.82) is 0 Å². The Labute approximate surface area is 80.4 Å². The van der Waals surface area contributed by atoms with Crippen molar-refractivity contribution in [3.8, 4) is 0 Å². The number of hydrogen-bond donors (Lipinski definition) is 1. The van der Waals surface area contributed by atoms with Gasteiger partial charge < -0.3 is 0 Å². The van der Waals surface area contributed by atoms with Gasteiger partial charge in [-0.15, -0.1) is 0 Å². The predicted octanol–water partition coefficient (Wildman–Crippen LogP) is 1.43. The van der Waals surface area contributed by atoms with Crippen LogP contribution in [0.4, 0.5) is 4.39 Å². The molecule has 1 rings (SSSR count). The first kappa shape index (κ1) is 10.4. The van der Waals surface area contributed by atoms with Crippen LogP contribution in [0.3, 0.4) is 0 Å². The first-order valence-corrected chi connectivity index (χ1v) is 5.23. The van der Waals surface area contributed by atoms with Crippen LogP contribution in [0.5, 0.6) is 0 Å². The van der Waals surface area contributed by atoms with Crippen LogP contribution >= 0.6 is 11.6 Å². The molecule has 0 aliphatic rings. The molecule has 0 fully saturated rings. The van der Waals surface area contributed by atoms with E-state index in [4.69, 9.17) is 16.7 Å². The minimum absolute atomic E-state index is 0.120. The van der Waals surface area contributed by atoms with Gasteiger partial charge in [-0.05, 0) is 24.6 Å². The first-order valence-electron chi connectivity index (χ1n) is 3.31. The summed E-state index contributed by atoms with van der Waals surface area (Å²) in [6.07, 6.45) is 0. The SMILES string of the molecule is Cc1cc(Cl)c(F)cc1S(N)(=O)=O. The number of nitrogens with two attached hydrogens (primary N) is 1. The lowest BCUT2D eigenvalue weighted by Crippen LogP contribution is -2.14. The van der Waals surface area contributed by atoms with Gasteiger partial charge in [0.15, 0.2) is 0 Å². The van der Waals surface area contributed by atoms with Crippen LogP contribution in [0.25, 0.3) is 0 Å². The number of aryl methyl sites for hydroxylation is 1. The highest BCUT2D eigenvalue weighted by Crippen LogP contribution is 2.22.